The van der Waals surface area contributed by atoms with Crippen LogP contribution in [0.15, 0.2) is 24.4 Å². The second-order valence-corrected chi connectivity index (χ2v) is 4.67. The summed E-state index contributed by atoms with van der Waals surface area (Å²) in [5.41, 5.74) is 3.72. The standard InChI is InChI=1S/C13H17N3/c1-10-2-3-12-8-13(15-16(12)9-10)11-4-6-14-7-5-11/h2-3,8-9,11,14H,4-7H2,1H3. The molecule has 0 aromatic carbocycles. The number of piperidine rings is 1. The van der Waals surface area contributed by atoms with Crippen molar-refractivity contribution < 1.29 is 0 Å². The van der Waals surface area contributed by atoms with Gasteiger partial charge in [0.2, 0.25) is 0 Å². The SMILES string of the molecule is Cc1ccc2cc(C3CCNCC3)nn2c1. The number of fused-ring (bicyclic) bond motifs is 1. The Bertz CT molecular complexity index is 495. The van der Waals surface area contributed by atoms with Gasteiger partial charge in [-0.25, -0.2) is 4.52 Å². The number of rotatable bonds is 1. The van der Waals surface area contributed by atoms with Crippen molar-refractivity contribution in [3.63, 3.8) is 0 Å². The van der Waals surface area contributed by atoms with Gasteiger partial charge in [0.25, 0.3) is 0 Å². The minimum Gasteiger partial charge on any atom is -0.317 e. The lowest BCUT2D eigenvalue weighted by Crippen LogP contribution is -2.26. The van der Waals surface area contributed by atoms with Crippen LogP contribution >= 0.6 is 0 Å². The molecule has 3 heteroatoms. The molecule has 1 aliphatic heterocycles. The van der Waals surface area contributed by atoms with Crippen LogP contribution in [-0.4, -0.2) is 22.7 Å². The van der Waals surface area contributed by atoms with E-state index in [1.165, 1.54) is 29.6 Å². The Kier molecular flexibility index (Phi) is 2.40. The first kappa shape index (κ1) is 9.85. The van der Waals surface area contributed by atoms with Gasteiger partial charge in [0.05, 0.1) is 11.2 Å². The highest BCUT2D eigenvalue weighted by molar-refractivity contribution is 5.48. The lowest BCUT2D eigenvalue weighted by atomic mass is 9.95. The Morgan fingerprint density at radius 1 is 1.31 bits per heavy atom. The molecule has 3 heterocycles. The van der Waals surface area contributed by atoms with E-state index in [0.717, 1.165) is 13.1 Å². The maximum atomic E-state index is 4.69. The van der Waals surface area contributed by atoms with Gasteiger partial charge in [-0.2, -0.15) is 5.10 Å². The Morgan fingerprint density at radius 3 is 2.94 bits per heavy atom. The molecule has 2 aromatic heterocycles. The lowest BCUT2D eigenvalue weighted by molar-refractivity contribution is 0.452. The monoisotopic (exact) mass is 215 g/mol. The topological polar surface area (TPSA) is 29.3 Å². The minimum absolute atomic E-state index is 0.640. The van der Waals surface area contributed by atoms with Crippen LogP contribution in [0.2, 0.25) is 0 Å². The van der Waals surface area contributed by atoms with Gasteiger partial charge in [-0.05, 0) is 50.6 Å². The number of aryl methyl sites for hydroxylation is 1. The highest BCUT2D eigenvalue weighted by Gasteiger charge is 2.17. The van der Waals surface area contributed by atoms with Crippen molar-refractivity contribution in [1.82, 2.24) is 14.9 Å². The third-order valence-electron chi connectivity index (χ3n) is 3.38. The average molecular weight is 215 g/mol. The zero-order valence-corrected chi connectivity index (χ0v) is 9.61. The van der Waals surface area contributed by atoms with Gasteiger partial charge in [0, 0.05) is 12.1 Å². The molecule has 84 valence electrons. The van der Waals surface area contributed by atoms with Crippen LogP contribution in [0.1, 0.15) is 30.0 Å². The van der Waals surface area contributed by atoms with Crippen LogP contribution in [0.4, 0.5) is 0 Å². The van der Waals surface area contributed by atoms with E-state index in [2.05, 4.69) is 41.7 Å². The van der Waals surface area contributed by atoms with Gasteiger partial charge < -0.3 is 5.32 Å². The summed E-state index contributed by atoms with van der Waals surface area (Å²) < 4.78 is 2.01. The van der Waals surface area contributed by atoms with Crippen molar-refractivity contribution in [2.24, 2.45) is 0 Å². The minimum atomic E-state index is 0.640. The van der Waals surface area contributed by atoms with Gasteiger partial charge in [-0.1, -0.05) is 6.07 Å². The molecule has 3 nitrogen and oxygen atoms in total. The van der Waals surface area contributed by atoms with Gasteiger partial charge in [0.1, 0.15) is 0 Å². The molecule has 0 spiro atoms. The number of hydrogen-bond donors (Lipinski definition) is 1. The van der Waals surface area contributed by atoms with Gasteiger partial charge >= 0.3 is 0 Å². The maximum Gasteiger partial charge on any atom is 0.0667 e. The summed E-state index contributed by atoms with van der Waals surface area (Å²) >= 11 is 0. The summed E-state index contributed by atoms with van der Waals surface area (Å²) in [7, 11) is 0. The Labute approximate surface area is 95.5 Å². The van der Waals surface area contributed by atoms with Crippen LogP contribution in [0.5, 0.6) is 0 Å². The molecule has 0 radical (unpaired) electrons. The Hall–Kier alpha value is -1.35. The fraction of sp³-hybridized carbons (Fsp3) is 0.462. The highest BCUT2D eigenvalue weighted by Crippen LogP contribution is 2.24. The summed E-state index contributed by atoms with van der Waals surface area (Å²) in [5, 5.41) is 8.08. The summed E-state index contributed by atoms with van der Waals surface area (Å²) in [6.45, 7) is 4.35. The second-order valence-electron chi connectivity index (χ2n) is 4.67. The zero-order valence-electron chi connectivity index (χ0n) is 9.61. The smallest absolute Gasteiger partial charge is 0.0667 e. The van der Waals surface area contributed by atoms with E-state index in [0.29, 0.717) is 5.92 Å². The van der Waals surface area contributed by atoms with Gasteiger partial charge in [-0.3, -0.25) is 0 Å². The van der Waals surface area contributed by atoms with E-state index in [-0.39, 0.29) is 0 Å². The normalized spacial score (nSPS) is 18.1. The largest absolute Gasteiger partial charge is 0.317 e. The van der Waals surface area contributed by atoms with Crippen molar-refractivity contribution in [3.8, 4) is 0 Å². The fourth-order valence-electron chi connectivity index (χ4n) is 2.43. The summed E-state index contributed by atoms with van der Waals surface area (Å²) in [6.07, 6.45) is 4.52. The molecule has 1 aliphatic rings. The van der Waals surface area contributed by atoms with Crippen LogP contribution in [0.25, 0.3) is 5.52 Å². The summed E-state index contributed by atoms with van der Waals surface area (Å²) in [4.78, 5) is 0. The molecule has 0 unspecified atom stereocenters. The first-order chi connectivity index (χ1) is 7.83. The molecule has 16 heavy (non-hydrogen) atoms. The van der Waals surface area contributed by atoms with Crippen molar-refractivity contribution in [1.29, 1.82) is 0 Å². The van der Waals surface area contributed by atoms with Crippen LogP contribution in [0, 0.1) is 6.92 Å². The van der Waals surface area contributed by atoms with E-state index >= 15 is 0 Å². The van der Waals surface area contributed by atoms with E-state index in [1.807, 2.05) is 4.52 Å². The summed E-state index contributed by atoms with van der Waals surface area (Å²) in [6, 6.07) is 6.52. The molecule has 1 fully saturated rings. The third-order valence-corrected chi connectivity index (χ3v) is 3.38. The average Bonchev–Trinajstić information content (AvgIpc) is 2.73. The second kappa shape index (κ2) is 3.91. The molecule has 2 aromatic rings. The van der Waals surface area contributed by atoms with E-state index in [4.69, 9.17) is 0 Å². The van der Waals surface area contributed by atoms with Gasteiger partial charge in [-0.15, -0.1) is 0 Å². The lowest BCUT2D eigenvalue weighted by Gasteiger charge is -2.20. The molecule has 0 atom stereocenters. The quantitative estimate of drug-likeness (QED) is 0.789. The Balaban J connectivity index is 1.97. The molecule has 0 aliphatic carbocycles. The molecule has 1 N–H and O–H groups in total. The first-order valence-electron chi connectivity index (χ1n) is 5.99. The number of hydrogen-bond acceptors (Lipinski definition) is 2. The zero-order chi connectivity index (χ0) is 11.0. The summed E-state index contributed by atoms with van der Waals surface area (Å²) in [5.74, 6) is 0.640. The molecular weight excluding hydrogens is 198 g/mol. The maximum absolute atomic E-state index is 4.69. The molecule has 0 amide bonds. The third kappa shape index (κ3) is 1.71. The van der Waals surface area contributed by atoms with Crippen molar-refractivity contribution in [2.75, 3.05) is 13.1 Å². The van der Waals surface area contributed by atoms with Crippen molar-refractivity contribution in [2.45, 2.75) is 25.7 Å². The molecule has 0 bridgehead atoms. The number of aromatic nitrogens is 2. The number of nitrogens with zero attached hydrogens (tertiary/aromatic N) is 2. The molecular formula is C13H17N3. The van der Waals surface area contributed by atoms with E-state index in [9.17, 15) is 0 Å². The van der Waals surface area contributed by atoms with Crippen LogP contribution in [-0.2, 0) is 0 Å². The fourth-order valence-corrected chi connectivity index (χ4v) is 2.43. The Morgan fingerprint density at radius 2 is 2.12 bits per heavy atom. The van der Waals surface area contributed by atoms with E-state index < -0.39 is 0 Å². The highest BCUT2D eigenvalue weighted by atomic mass is 15.2. The predicted molar refractivity (Wildman–Crippen MR) is 64.8 cm³/mol. The van der Waals surface area contributed by atoms with Crippen molar-refractivity contribution >= 4 is 5.52 Å². The number of nitrogens with one attached hydrogen (secondary N) is 1. The molecule has 3 rings (SSSR count). The van der Waals surface area contributed by atoms with Crippen molar-refractivity contribution in [3.05, 3.63) is 35.7 Å². The number of pyridine rings is 1. The van der Waals surface area contributed by atoms with E-state index in [1.54, 1.807) is 0 Å². The predicted octanol–water partition coefficient (Wildman–Crippen LogP) is 2.11. The van der Waals surface area contributed by atoms with Crippen LogP contribution < -0.4 is 5.32 Å². The molecule has 1 saturated heterocycles. The molecule has 0 saturated carbocycles. The first-order valence-corrected chi connectivity index (χ1v) is 5.99. The van der Waals surface area contributed by atoms with Crippen LogP contribution in [0.3, 0.4) is 0 Å². The van der Waals surface area contributed by atoms with Gasteiger partial charge in [0.15, 0.2) is 0 Å².